The number of hydrogen-bond acceptors (Lipinski definition) is 3. The highest BCUT2D eigenvalue weighted by atomic mass is 35.5. The monoisotopic (exact) mass is 544 g/mol. The van der Waals surface area contributed by atoms with Crippen molar-refractivity contribution in [1.29, 1.82) is 0 Å². The number of likely N-dealkylation sites (tertiary alicyclic amines) is 2. The Labute approximate surface area is 235 Å². The number of nitrogens with zero attached hydrogens (tertiary/aromatic N) is 4. The summed E-state index contributed by atoms with van der Waals surface area (Å²) in [4.78, 5) is 31.2. The molecule has 204 valence electrons. The molecule has 1 atom stereocenters. The summed E-state index contributed by atoms with van der Waals surface area (Å²) in [5.74, 6) is 1.10. The fraction of sp³-hybridized carbons (Fsp3) is 0.469. The molecule has 1 aromatic heterocycles. The summed E-state index contributed by atoms with van der Waals surface area (Å²) in [6.45, 7) is 2.94. The van der Waals surface area contributed by atoms with E-state index in [1.807, 2.05) is 39.9 Å². The fourth-order valence-corrected chi connectivity index (χ4v) is 6.92. The zero-order valence-corrected chi connectivity index (χ0v) is 23.2. The zero-order chi connectivity index (χ0) is 26.8. The molecule has 39 heavy (non-hydrogen) atoms. The van der Waals surface area contributed by atoms with Crippen LogP contribution in [0.4, 0.5) is 0 Å². The van der Waals surface area contributed by atoms with Crippen molar-refractivity contribution >= 4 is 23.4 Å². The summed E-state index contributed by atoms with van der Waals surface area (Å²) in [5.41, 5.74) is 3.85. The molecule has 6 nitrogen and oxygen atoms in total. The molecule has 3 aliphatic rings. The van der Waals surface area contributed by atoms with Crippen molar-refractivity contribution < 1.29 is 9.59 Å². The maximum absolute atomic E-state index is 14.0. The Bertz CT molecular complexity index is 1290. The van der Waals surface area contributed by atoms with Gasteiger partial charge >= 0.3 is 0 Å². The van der Waals surface area contributed by atoms with Crippen LogP contribution in [0.15, 0.2) is 60.8 Å². The van der Waals surface area contributed by atoms with Gasteiger partial charge in [0.2, 0.25) is 5.91 Å². The molecule has 2 aliphatic heterocycles. The van der Waals surface area contributed by atoms with Crippen molar-refractivity contribution in [2.75, 3.05) is 26.2 Å². The molecule has 2 saturated heterocycles. The predicted octanol–water partition coefficient (Wildman–Crippen LogP) is 6.44. The summed E-state index contributed by atoms with van der Waals surface area (Å²) >= 11 is 6.18. The van der Waals surface area contributed by atoms with Crippen LogP contribution >= 0.6 is 11.6 Å². The summed E-state index contributed by atoms with van der Waals surface area (Å²) in [6, 6.07) is 18.1. The lowest BCUT2D eigenvalue weighted by atomic mass is 9.86. The molecule has 7 heteroatoms. The molecule has 1 saturated carbocycles. The first-order chi connectivity index (χ1) is 19.1. The molecule has 3 aromatic rings. The second kappa shape index (κ2) is 11.5. The second-order valence-electron chi connectivity index (χ2n) is 11.4. The van der Waals surface area contributed by atoms with Crippen LogP contribution in [0.3, 0.4) is 0 Å². The third-order valence-corrected chi connectivity index (χ3v) is 9.25. The summed E-state index contributed by atoms with van der Waals surface area (Å²) < 4.78 is 1.93. The first-order valence-corrected chi connectivity index (χ1v) is 14.9. The number of halogens is 1. The van der Waals surface area contributed by atoms with E-state index in [2.05, 4.69) is 29.2 Å². The second-order valence-corrected chi connectivity index (χ2v) is 11.9. The Morgan fingerprint density at radius 3 is 2.15 bits per heavy atom. The lowest BCUT2D eigenvalue weighted by Crippen LogP contribution is -2.42. The lowest BCUT2D eigenvalue weighted by Gasteiger charge is -2.35. The van der Waals surface area contributed by atoms with Gasteiger partial charge in [-0.3, -0.25) is 9.59 Å². The van der Waals surface area contributed by atoms with E-state index in [0.29, 0.717) is 22.4 Å². The number of amides is 2. The van der Waals surface area contributed by atoms with Crippen LogP contribution in [-0.2, 0) is 4.79 Å². The quantitative estimate of drug-likeness (QED) is 0.371. The van der Waals surface area contributed by atoms with E-state index in [9.17, 15) is 9.59 Å². The molecule has 0 N–H and O–H groups in total. The molecular weight excluding hydrogens is 508 g/mol. The summed E-state index contributed by atoms with van der Waals surface area (Å²) in [6.07, 6.45) is 10.0. The van der Waals surface area contributed by atoms with E-state index in [1.54, 1.807) is 6.20 Å². The molecule has 3 heterocycles. The predicted molar refractivity (Wildman–Crippen MR) is 153 cm³/mol. The van der Waals surface area contributed by atoms with E-state index in [-0.39, 0.29) is 17.7 Å². The normalized spacial score (nSPS) is 20.9. The van der Waals surface area contributed by atoms with Crippen LogP contribution in [0.1, 0.15) is 84.8 Å². The molecular formula is C32H37ClN4O2. The van der Waals surface area contributed by atoms with Crippen molar-refractivity contribution in [3.63, 3.8) is 0 Å². The van der Waals surface area contributed by atoms with Crippen LogP contribution in [0, 0.1) is 5.92 Å². The van der Waals surface area contributed by atoms with E-state index < -0.39 is 0 Å². The Hall–Kier alpha value is -3.12. The lowest BCUT2D eigenvalue weighted by molar-refractivity contribution is -0.137. The number of hydrogen-bond donors (Lipinski definition) is 0. The SMILES string of the molecule is O=C(c1cnn(-c2ccc(Cl)cc2)c1C1CCN(C(=O)C2CCCCC2)CC1)N1CCC(c2ccccc2)C1. The molecule has 1 aliphatic carbocycles. The number of aromatic nitrogens is 2. The van der Waals surface area contributed by atoms with E-state index in [1.165, 1.54) is 24.8 Å². The number of rotatable bonds is 5. The van der Waals surface area contributed by atoms with Gasteiger partial charge < -0.3 is 9.80 Å². The van der Waals surface area contributed by atoms with Gasteiger partial charge in [0.25, 0.3) is 5.91 Å². The molecule has 2 aromatic carbocycles. The van der Waals surface area contributed by atoms with Crippen molar-refractivity contribution in [2.45, 2.75) is 63.2 Å². The molecule has 0 radical (unpaired) electrons. The Morgan fingerprint density at radius 1 is 0.769 bits per heavy atom. The van der Waals surface area contributed by atoms with E-state index in [0.717, 1.165) is 69.7 Å². The average Bonchev–Trinajstić information content (AvgIpc) is 3.67. The number of benzene rings is 2. The molecule has 0 spiro atoms. The van der Waals surface area contributed by atoms with Gasteiger partial charge in [-0.1, -0.05) is 61.2 Å². The number of piperidine rings is 1. The standard InChI is InChI=1S/C32H37ClN4O2/c33-27-11-13-28(14-12-27)37-30(24-15-18-35(19-16-24)31(38)25-9-5-2-6-10-25)29(21-34-37)32(39)36-20-17-26(22-36)23-7-3-1-4-8-23/h1,3-4,7-8,11-14,21,24-26H,2,5-6,9-10,15-20,22H2. The van der Waals surface area contributed by atoms with E-state index in [4.69, 9.17) is 16.7 Å². The van der Waals surface area contributed by atoms with Gasteiger partial charge in [-0.2, -0.15) is 5.10 Å². The van der Waals surface area contributed by atoms with Crippen molar-refractivity contribution in [3.05, 3.63) is 82.6 Å². The molecule has 2 amide bonds. The minimum atomic E-state index is 0.0596. The smallest absolute Gasteiger partial charge is 0.257 e. The largest absolute Gasteiger partial charge is 0.342 e. The summed E-state index contributed by atoms with van der Waals surface area (Å²) in [7, 11) is 0. The van der Waals surface area contributed by atoms with Crippen molar-refractivity contribution in [2.24, 2.45) is 5.92 Å². The molecule has 0 bridgehead atoms. The van der Waals surface area contributed by atoms with Gasteiger partial charge in [0, 0.05) is 49.0 Å². The Morgan fingerprint density at radius 2 is 1.44 bits per heavy atom. The first-order valence-electron chi connectivity index (χ1n) is 14.6. The van der Waals surface area contributed by atoms with Crippen molar-refractivity contribution in [3.8, 4) is 5.69 Å². The molecule has 6 rings (SSSR count). The average molecular weight is 545 g/mol. The van der Waals surface area contributed by atoms with Crippen molar-refractivity contribution in [1.82, 2.24) is 19.6 Å². The van der Waals surface area contributed by atoms with Crippen LogP contribution in [0.25, 0.3) is 5.69 Å². The minimum absolute atomic E-state index is 0.0596. The van der Waals surface area contributed by atoms with Crippen LogP contribution in [-0.4, -0.2) is 57.6 Å². The minimum Gasteiger partial charge on any atom is -0.342 e. The maximum Gasteiger partial charge on any atom is 0.257 e. The van der Waals surface area contributed by atoms with Gasteiger partial charge in [-0.25, -0.2) is 4.68 Å². The third kappa shape index (κ3) is 5.49. The van der Waals surface area contributed by atoms with Gasteiger partial charge in [0.05, 0.1) is 23.1 Å². The third-order valence-electron chi connectivity index (χ3n) is 9.00. The summed E-state index contributed by atoms with van der Waals surface area (Å²) in [5, 5.41) is 5.40. The topological polar surface area (TPSA) is 58.4 Å². The fourth-order valence-electron chi connectivity index (χ4n) is 6.80. The van der Waals surface area contributed by atoms with Gasteiger partial charge in [0.1, 0.15) is 0 Å². The zero-order valence-electron chi connectivity index (χ0n) is 22.5. The van der Waals surface area contributed by atoms with Crippen LogP contribution in [0.5, 0.6) is 0 Å². The van der Waals surface area contributed by atoms with Gasteiger partial charge in [-0.05, 0) is 61.9 Å². The highest BCUT2D eigenvalue weighted by Gasteiger charge is 2.35. The van der Waals surface area contributed by atoms with Gasteiger partial charge in [0.15, 0.2) is 0 Å². The van der Waals surface area contributed by atoms with Crippen LogP contribution in [0.2, 0.25) is 5.02 Å². The highest BCUT2D eigenvalue weighted by Crippen LogP contribution is 2.36. The molecule has 3 fully saturated rings. The number of carbonyl (C=O) groups excluding carboxylic acids is 2. The van der Waals surface area contributed by atoms with E-state index >= 15 is 0 Å². The highest BCUT2D eigenvalue weighted by molar-refractivity contribution is 6.30. The number of carbonyl (C=O) groups is 2. The molecule has 1 unspecified atom stereocenters. The Kier molecular flexibility index (Phi) is 7.73. The van der Waals surface area contributed by atoms with Gasteiger partial charge in [-0.15, -0.1) is 0 Å². The first kappa shape index (κ1) is 26.1. The van der Waals surface area contributed by atoms with Crippen LogP contribution < -0.4 is 0 Å². The Balaban J connectivity index is 1.23. The maximum atomic E-state index is 14.0.